The average molecular weight is 448 g/mol. The van der Waals surface area contributed by atoms with Crippen LogP contribution in [-0.4, -0.2) is 19.5 Å². The van der Waals surface area contributed by atoms with Gasteiger partial charge in [-0.25, -0.2) is 13.2 Å². The summed E-state index contributed by atoms with van der Waals surface area (Å²) in [6, 6.07) is 16.9. The van der Waals surface area contributed by atoms with Crippen molar-refractivity contribution in [1.29, 1.82) is 0 Å². The molecule has 0 amide bonds. The third-order valence-electron chi connectivity index (χ3n) is 3.99. The molecular formula is C21H15Cl2NO4S. The second-order valence-electron chi connectivity index (χ2n) is 6.05. The van der Waals surface area contributed by atoms with Gasteiger partial charge in [-0.15, -0.1) is 0 Å². The lowest BCUT2D eigenvalue weighted by Crippen LogP contribution is -2.13. The summed E-state index contributed by atoms with van der Waals surface area (Å²) in [6.45, 7) is 0. The van der Waals surface area contributed by atoms with Crippen LogP contribution in [0, 0.1) is 0 Å². The SMILES string of the molecule is O=C(O)c1ccc(/C=C\c2cc(Cl)ccc2NS(=O)(=O)c2ccc(Cl)cc2)cc1. The largest absolute Gasteiger partial charge is 0.478 e. The molecule has 0 saturated carbocycles. The van der Waals surface area contributed by atoms with Crippen molar-refractivity contribution < 1.29 is 18.3 Å². The molecule has 0 bridgehead atoms. The van der Waals surface area contributed by atoms with Crippen LogP contribution in [0.5, 0.6) is 0 Å². The lowest BCUT2D eigenvalue weighted by molar-refractivity contribution is 0.0697. The van der Waals surface area contributed by atoms with Crippen molar-refractivity contribution >= 4 is 57.0 Å². The van der Waals surface area contributed by atoms with Gasteiger partial charge in [-0.05, 0) is 60.2 Å². The Labute approximate surface area is 178 Å². The number of carboxylic acids is 1. The molecule has 8 heteroatoms. The molecule has 2 N–H and O–H groups in total. The molecule has 0 heterocycles. The minimum Gasteiger partial charge on any atom is -0.478 e. The van der Waals surface area contributed by atoms with E-state index in [1.807, 2.05) is 0 Å². The predicted molar refractivity (Wildman–Crippen MR) is 116 cm³/mol. The van der Waals surface area contributed by atoms with E-state index in [-0.39, 0.29) is 10.5 Å². The third-order valence-corrected chi connectivity index (χ3v) is 5.86. The number of hydrogen-bond donors (Lipinski definition) is 2. The first kappa shape index (κ1) is 20.9. The summed E-state index contributed by atoms with van der Waals surface area (Å²) in [5.41, 5.74) is 1.84. The summed E-state index contributed by atoms with van der Waals surface area (Å²) in [4.78, 5) is 11.0. The van der Waals surface area contributed by atoms with Crippen LogP contribution in [-0.2, 0) is 10.0 Å². The van der Waals surface area contributed by atoms with Crippen LogP contribution in [0.4, 0.5) is 5.69 Å². The number of benzene rings is 3. The van der Waals surface area contributed by atoms with Crippen molar-refractivity contribution in [2.45, 2.75) is 4.90 Å². The highest BCUT2D eigenvalue weighted by atomic mass is 35.5. The zero-order valence-electron chi connectivity index (χ0n) is 14.8. The van der Waals surface area contributed by atoms with Crippen molar-refractivity contribution in [2.75, 3.05) is 4.72 Å². The Morgan fingerprint density at radius 1 is 0.862 bits per heavy atom. The lowest BCUT2D eigenvalue weighted by Gasteiger charge is -2.11. The van der Waals surface area contributed by atoms with E-state index in [0.717, 1.165) is 5.56 Å². The standard InChI is InChI=1S/C21H15Cl2NO4S/c22-17-7-10-19(11-8-17)29(27,28)24-20-12-9-18(23)13-16(20)6-3-14-1-4-15(5-2-14)21(25)26/h1-13,24H,(H,25,26)/b6-3-. The first-order chi connectivity index (χ1) is 13.7. The van der Waals surface area contributed by atoms with Crippen LogP contribution in [0.15, 0.2) is 71.6 Å². The molecular weight excluding hydrogens is 433 g/mol. The fourth-order valence-electron chi connectivity index (χ4n) is 2.50. The maximum atomic E-state index is 12.7. The van der Waals surface area contributed by atoms with Crippen LogP contribution in [0.25, 0.3) is 12.2 Å². The number of sulfonamides is 1. The summed E-state index contributed by atoms with van der Waals surface area (Å²) < 4.78 is 27.9. The molecule has 0 atom stereocenters. The summed E-state index contributed by atoms with van der Waals surface area (Å²) in [6.07, 6.45) is 3.43. The van der Waals surface area contributed by atoms with E-state index in [1.165, 1.54) is 36.4 Å². The van der Waals surface area contributed by atoms with Crippen molar-refractivity contribution in [3.05, 3.63) is 93.5 Å². The van der Waals surface area contributed by atoms with Gasteiger partial charge < -0.3 is 5.11 Å². The minimum atomic E-state index is -3.81. The molecule has 0 aromatic heterocycles. The summed E-state index contributed by atoms with van der Waals surface area (Å²) >= 11 is 11.9. The number of anilines is 1. The van der Waals surface area contributed by atoms with Crippen LogP contribution in [0.2, 0.25) is 10.0 Å². The summed E-state index contributed by atoms with van der Waals surface area (Å²) in [5.74, 6) is -1.01. The molecule has 0 radical (unpaired) electrons. The minimum absolute atomic E-state index is 0.0797. The number of halogens is 2. The first-order valence-corrected chi connectivity index (χ1v) is 10.6. The molecule has 3 aromatic carbocycles. The highest BCUT2D eigenvalue weighted by Gasteiger charge is 2.15. The van der Waals surface area contributed by atoms with E-state index >= 15 is 0 Å². The van der Waals surface area contributed by atoms with Gasteiger partial charge in [0.1, 0.15) is 0 Å². The van der Waals surface area contributed by atoms with Gasteiger partial charge in [-0.3, -0.25) is 4.72 Å². The summed E-state index contributed by atoms with van der Waals surface area (Å²) in [7, 11) is -3.81. The van der Waals surface area contributed by atoms with E-state index in [2.05, 4.69) is 4.72 Å². The monoisotopic (exact) mass is 447 g/mol. The van der Waals surface area contributed by atoms with Crippen LogP contribution >= 0.6 is 23.2 Å². The number of aromatic carboxylic acids is 1. The van der Waals surface area contributed by atoms with Crippen LogP contribution in [0.1, 0.15) is 21.5 Å². The second-order valence-corrected chi connectivity index (χ2v) is 8.61. The van der Waals surface area contributed by atoms with Gasteiger partial charge in [-0.1, -0.05) is 47.5 Å². The molecule has 3 aromatic rings. The van der Waals surface area contributed by atoms with Crippen molar-refractivity contribution in [3.63, 3.8) is 0 Å². The molecule has 3 rings (SSSR count). The molecule has 0 saturated heterocycles. The molecule has 0 spiro atoms. The van der Waals surface area contributed by atoms with Gasteiger partial charge in [0.05, 0.1) is 16.1 Å². The fraction of sp³-hybridized carbons (Fsp3) is 0. The summed E-state index contributed by atoms with van der Waals surface area (Å²) in [5, 5.41) is 9.85. The van der Waals surface area contributed by atoms with Crippen molar-refractivity contribution in [3.8, 4) is 0 Å². The third kappa shape index (κ3) is 5.38. The maximum Gasteiger partial charge on any atom is 0.335 e. The van der Waals surface area contributed by atoms with Gasteiger partial charge in [0.15, 0.2) is 0 Å². The van der Waals surface area contributed by atoms with Gasteiger partial charge in [0.2, 0.25) is 0 Å². The van der Waals surface area contributed by atoms with Crippen LogP contribution in [0.3, 0.4) is 0 Å². The van der Waals surface area contributed by atoms with Gasteiger partial charge >= 0.3 is 5.97 Å². The zero-order chi connectivity index (χ0) is 21.0. The highest BCUT2D eigenvalue weighted by Crippen LogP contribution is 2.26. The van der Waals surface area contributed by atoms with E-state index in [0.29, 0.717) is 21.3 Å². The van der Waals surface area contributed by atoms with E-state index in [4.69, 9.17) is 28.3 Å². The number of rotatable bonds is 6. The van der Waals surface area contributed by atoms with Gasteiger partial charge in [0.25, 0.3) is 10.0 Å². The average Bonchev–Trinajstić information content (AvgIpc) is 2.68. The Morgan fingerprint density at radius 3 is 2.10 bits per heavy atom. The molecule has 5 nitrogen and oxygen atoms in total. The molecule has 0 aliphatic carbocycles. The second kappa shape index (κ2) is 8.69. The van der Waals surface area contributed by atoms with Crippen LogP contribution < -0.4 is 4.72 Å². The Balaban J connectivity index is 1.89. The Bertz CT molecular complexity index is 1170. The molecule has 0 aliphatic heterocycles. The van der Waals surface area contributed by atoms with E-state index in [1.54, 1.807) is 42.5 Å². The fourth-order valence-corrected chi connectivity index (χ4v) is 3.90. The first-order valence-electron chi connectivity index (χ1n) is 8.34. The number of hydrogen-bond acceptors (Lipinski definition) is 3. The Hall–Kier alpha value is -2.80. The smallest absolute Gasteiger partial charge is 0.335 e. The predicted octanol–water partition coefficient (Wildman–Crippen LogP) is 5.66. The lowest BCUT2D eigenvalue weighted by atomic mass is 10.1. The highest BCUT2D eigenvalue weighted by molar-refractivity contribution is 7.92. The Morgan fingerprint density at radius 2 is 1.48 bits per heavy atom. The maximum absolute atomic E-state index is 12.7. The van der Waals surface area contributed by atoms with Gasteiger partial charge in [-0.2, -0.15) is 0 Å². The van der Waals surface area contributed by atoms with Gasteiger partial charge in [0, 0.05) is 15.6 Å². The molecule has 148 valence electrons. The van der Waals surface area contributed by atoms with E-state index < -0.39 is 16.0 Å². The molecule has 29 heavy (non-hydrogen) atoms. The van der Waals surface area contributed by atoms with E-state index in [9.17, 15) is 13.2 Å². The topological polar surface area (TPSA) is 83.5 Å². The number of nitrogens with one attached hydrogen (secondary N) is 1. The quantitative estimate of drug-likeness (QED) is 0.477. The van der Waals surface area contributed by atoms with Crippen molar-refractivity contribution in [2.24, 2.45) is 0 Å². The number of carbonyl (C=O) groups is 1. The van der Waals surface area contributed by atoms with Crippen molar-refractivity contribution in [1.82, 2.24) is 0 Å². The normalized spacial score (nSPS) is 11.5. The zero-order valence-corrected chi connectivity index (χ0v) is 17.2. The molecule has 0 fully saturated rings. The Kier molecular flexibility index (Phi) is 6.27. The molecule has 0 unspecified atom stereocenters. The molecule has 0 aliphatic rings. The number of carboxylic acid groups (broad SMARTS) is 1.